The summed E-state index contributed by atoms with van der Waals surface area (Å²) in [6.45, 7) is 1.88. The van der Waals surface area contributed by atoms with E-state index in [0.717, 1.165) is 19.3 Å². The second-order valence-corrected chi connectivity index (χ2v) is 4.69. The van der Waals surface area contributed by atoms with Crippen molar-refractivity contribution in [2.24, 2.45) is 0 Å². The summed E-state index contributed by atoms with van der Waals surface area (Å²) in [5.74, 6) is -0.387. The molecular weight excluding hydrogens is 244 g/mol. The fourth-order valence-electron chi connectivity index (χ4n) is 1.83. The maximum Gasteiger partial charge on any atom is 0.306 e. The van der Waals surface area contributed by atoms with Crippen LogP contribution in [0.4, 0.5) is 0 Å². The van der Waals surface area contributed by atoms with E-state index in [1.165, 1.54) is 6.08 Å². The van der Waals surface area contributed by atoms with Gasteiger partial charge in [0.05, 0.1) is 18.6 Å². The van der Waals surface area contributed by atoms with Gasteiger partial charge in [-0.3, -0.25) is 9.59 Å². The number of esters is 1. The number of allylic oxidation sites excluding steroid dienone is 2. The summed E-state index contributed by atoms with van der Waals surface area (Å²) >= 11 is 0. The van der Waals surface area contributed by atoms with Crippen LogP contribution in [0.25, 0.3) is 0 Å². The zero-order valence-electron chi connectivity index (χ0n) is 11.6. The first-order chi connectivity index (χ1) is 9.11. The molecule has 19 heavy (non-hydrogen) atoms. The second kappa shape index (κ2) is 8.64. The number of cyclic esters (lactones) is 1. The molecule has 0 spiro atoms. The Morgan fingerprint density at radius 2 is 2.05 bits per heavy atom. The molecule has 0 aromatic heterocycles. The summed E-state index contributed by atoms with van der Waals surface area (Å²) < 4.78 is 10.4. The minimum atomic E-state index is -0.301. The van der Waals surface area contributed by atoms with E-state index in [1.807, 2.05) is 19.1 Å². The van der Waals surface area contributed by atoms with E-state index >= 15 is 0 Å². The second-order valence-electron chi connectivity index (χ2n) is 4.69. The van der Waals surface area contributed by atoms with Crippen LogP contribution in [-0.2, 0) is 19.1 Å². The summed E-state index contributed by atoms with van der Waals surface area (Å²) in [5.41, 5.74) is 0. The largest absolute Gasteiger partial charge is 0.463 e. The molecule has 1 rings (SSSR count). The van der Waals surface area contributed by atoms with Gasteiger partial charge in [-0.1, -0.05) is 12.2 Å². The Morgan fingerprint density at radius 3 is 2.79 bits per heavy atom. The molecule has 0 N–H and O–H groups in total. The highest BCUT2D eigenvalue weighted by Gasteiger charge is 2.11. The summed E-state index contributed by atoms with van der Waals surface area (Å²) in [7, 11) is 1.60. The van der Waals surface area contributed by atoms with Gasteiger partial charge in [-0.25, -0.2) is 0 Å². The Hall–Kier alpha value is -1.42. The normalized spacial score (nSPS) is 26.8. The van der Waals surface area contributed by atoms with Crippen molar-refractivity contribution in [2.45, 2.75) is 51.2 Å². The summed E-state index contributed by atoms with van der Waals surface area (Å²) in [4.78, 5) is 23.1. The Balaban J connectivity index is 2.65. The predicted octanol–water partition coefficient (Wildman–Crippen LogP) is 2.58. The lowest BCUT2D eigenvalue weighted by Gasteiger charge is -2.13. The van der Waals surface area contributed by atoms with Crippen LogP contribution in [0.2, 0.25) is 0 Å². The predicted molar refractivity (Wildman–Crippen MR) is 72.7 cm³/mol. The Bertz CT molecular complexity index is 357. The molecule has 2 atom stereocenters. The first-order valence-electron chi connectivity index (χ1n) is 6.71. The molecule has 1 aliphatic rings. The fourth-order valence-corrected chi connectivity index (χ4v) is 1.83. The van der Waals surface area contributed by atoms with Crippen LogP contribution >= 0.6 is 0 Å². The SMILES string of the molecule is CO[C@H]1C=CCCC[C@H](C)OC(=O)CCC(=O)C=C1. The van der Waals surface area contributed by atoms with E-state index in [-0.39, 0.29) is 36.8 Å². The van der Waals surface area contributed by atoms with Crippen LogP contribution in [0, 0.1) is 0 Å². The molecule has 4 nitrogen and oxygen atoms in total. The lowest BCUT2D eigenvalue weighted by atomic mass is 10.1. The lowest BCUT2D eigenvalue weighted by molar-refractivity contribution is -0.149. The van der Waals surface area contributed by atoms with E-state index in [4.69, 9.17) is 9.47 Å². The van der Waals surface area contributed by atoms with E-state index < -0.39 is 0 Å². The molecule has 0 aromatic carbocycles. The number of hydrogen-bond acceptors (Lipinski definition) is 4. The van der Waals surface area contributed by atoms with Crippen molar-refractivity contribution in [1.82, 2.24) is 0 Å². The maximum absolute atomic E-state index is 11.6. The van der Waals surface area contributed by atoms with Gasteiger partial charge in [-0.2, -0.15) is 0 Å². The molecule has 0 unspecified atom stereocenters. The third-order valence-electron chi connectivity index (χ3n) is 2.96. The van der Waals surface area contributed by atoms with Crippen molar-refractivity contribution in [3.8, 4) is 0 Å². The van der Waals surface area contributed by atoms with Crippen LogP contribution < -0.4 is 0 Å². The van der Waals surface area contributed by atoms with Crippen LogP contribution in [0.3, 0.4) is 0 Å². The maximum atomic E-state index is 11.6. The molecule has 0 bridgehead atoms. The molecule has 4 heteroatoms. The average Bonchev–Trinajstić information content (AvgIpc) is 2.38. The van der Waals surface area contributed by atoms with Crippen molar-refractivity contribution in [3.63, 3.8) is 0 Å². The standard InChI is InChI=1S/C15H22O4/c1-12-6-4-3-5-7-14(18-2)10-8-13(16)9-11-15(17)19-12/h5,7-8,10,12,14H,3-4,6,9,11H2,1-2H3/t12-,14-/m0/s1. The minimum absolute atomic E-state index is 0.0860. The Kier molecular flexibility index (Phi) is 7.11. The molecule has 106 valence electrons. The first kappa shape index (κ1) is 15.6. The molecule has 0 radical (unpaired) electrons. The number of ketones is 1. The van der Waals surface area contributed by atoms with Gasteiger partial charge in [-0.15, -0.1) is 0 Å². The van der Waals surface area contributed by atoms with Gasteiger partial charge < -0.3 is 9.47 Å². The molecule has 0 aliphatic carbocycles. The van der Waals surface area contributed by atoms with Gasteiger partial charge in [0.1, 0.15) is 0 Å². The van der Waals surface area contributed by atoms with Gasteiger partial charge in [-0.05, 0) is 38.3 Å². The summed E-state index contributed by atoms with van der Waals surface area (Å²) in [6.07, 6.45) is 9.90. The smallest absolute Gasteiger partial charge is 0.306 e. The van der Waals surface area contributed by atoms with E-state index in [2.05, 4.69) is 0 Å². The van der Waals surface area contributed by atoms with Gasteiger partial charge in [0.15, 0.2) is 5.78 Å². The molecule has 0 saturated heterocycles. The lowest BCUT2D eigenvalue weighted by Crippen LogP contribution is -2.15. The van der Waals surface area contributed by atoms with Crippen LogP contribution in [0.5, 0.6) is 0 Å². The third-order valence-corrected chi connectivity index (χ3v) is 2.96. The average molecular weight is 266 g/mol. The number of hydrogen-bond donors (Lipinski definition) is 0. The van der Waals surface area contributed by atoms with Crippen molar-refractivity contribution in [3.05, 3.63) is 24.3 Å². The quantitative estimate of drug-likeness (QED) is 0.540. The topological polar surface area (TPSA) is 52.6 Å². The number of ether oxygens (including phenoxy) is 2. The highest BCUT2D eigenvalue weighted by atomic mass is 16.5. The molecule has 0 aromatic rings. The molecular formula is C15H22O4. The molecule has 0 saturated carbocycles. The van der Waals surface area contributed by atoms with Gasteiger partial charge in [0.25, 0.3) is 0 Å². The van der Waals surface area contributed by atoms with Crippen LogP contribution in [-0.4, -0.2) is 31.1 Å². The monoisotopic (exact) mass is 266 g/mol. The first-order valence-corrected chi connectivity index (χ1v) is 6.71. The summed E-state index contributed by atoms with van der Waals surface area (Å²) in [5, 5.41) is 0. The van der Waals surface area contributed by atoms with E-state index in [1.54, 1.807) is 13.2 Å². The highest BCUT2D eigenvalue weighted by Crippen LogP contribution is 2.09. The van der Waals surface area contributed by atoms with E-state index in [9.17, 15) is 9.59 Å². The van der Waals surface area contributed by atoms with Crippen LogP contribution in [0.1, 0.15) is 39.0 Å². The molecule has 0 fully saturated rings. The zero-order valence-corrected chi connectivity index (χ0v) is 11.6. The van der Waals surface area contributed by atoms with Gasteiger partial charge in [0.2, 0.25) is 0 Å². The molecule has 1 aliphatic heterocycles. The molecule has 1 heterocycles. The number of carbonyl (C=O) groups excluding carboxylic acids is 2. The van der Waals surface area contributed by atoms with Crippen molar-refractivity contribution >= 4 is 11.8 Å². The van der Waals surface area contributed by atoms with Gasteiger partial charge in [0, 0.05) is 13.5 Å². The Morgan fingerprint density at radius 1 is 1.26 bits per heavy atom. The highest BCUT2D eigenvalue weighted by molar-refractivity contribution is 5.91. The van der Waals surface area contributed by atoms with E-state index in [0.29, 0.717) is 0 Å². The molecule has 0 amide bonds. The number of methoxy groups -OCH3 is 1. The Labute approximate surface area is 114 Å². The minimum Gasteiger partial charge on any atom is -0.463 e. The van der Waals surface area contributed by atoms with Crippen molar-refractivity contribution < 1.29 is 19.1 Å². The van der Waals surface area contributed by atoms with Gasteiger partial charge >= 0.3 is 5.97 Å². The third kappa shape index (κ3) is 6.91. The zero-order chi connectivity index (χ0) is 14.1. The summed E-state index contributed by atoms with van der Waals surface area (Å²) in [6, 6.07) is 0. The fraction of sp³-hybridized carbons (Fsp3) is 0.600. The number of carbonyl (C=O) groups is 2. The van der Waals surface area contributed by atoms with Crippen molar-refractivity contribution in [2.75, 3.05) is 7.11 Å². The van der Waals surface area contributed by atoms with Crippen molar-refractivity contribution in [1.29, 1.82) is 0 Å². The van der Waals surface area contributed by atoms with Crippen LogP contribution in [0.15, 0.2) is 24.3 Å². The number of rotatable bonds is 1.